The van der Waals surface area contributed by atoms with Crippen molar-refractivity contribution in [2.45, 2.75) is 70.1 Å². The molecule has 1 heterocycles. The minimum Gasteiger partial charge on any atom is -0.487 e. The first-order valence-electron chi connectivity index (χ1n) is 9.85. The highest BCUT2D eigenvalue weighted by molar-refractivity contribution is 5.80. The lowest BCUT2D eigenvalue weighted by Gasteiger charge is -2.40. The molecule has 1 aliphatic carbocycles. The normalized spacial score (nSPS) is 22.0. The molecule has 1 aliphatic heterocycles. The summed E-state index contributed by atoms with van der Waals surface area (Å²) < 4.78 is 12.0. The van der Waals surface area contributed by atoms with E-state index >= 15 is 0 Å². The molecule has 0 bridgehead atoms. The molecule has 5 nitrogen and oxygen atoms in total. The molecule has 5 heteroatoms. The molecule has 0 saturated heterocycles. The fourth-order valence-corrected chi connectivity index (χ4v) is 3.89. The molecule has 1 atom stereocenters. The summed E-state index contributed by atoms with van der Waals surface area (Å²) in [6.45, 7) is 7.63. The molecule has 0 amide bonds. The van der Waals surface area contributed by atoms with Gasteiger partial charge < -0.3 is 20.1 Å². The third-order valence-electron chi connectivity index (χ3n) is 5.54. The van der Waals surface area contributed by atoms with E-state index in [1.165, 1.54) is 18.4 Å². The van der Waals surface area contributed by atoms with Crippen LogP contribution in [0.5, 0.6) is 5.75 Å². The number of benzene rings is 1. The van der Waals surface area contributed by atoms with Crippen molar-refractivity contribution in [3.63, 3.8) is 0 Å². The minimum absolute atomic E-state index is 0.0187. The van der Waals surface area contributed by atoms with Crippen LogP contribution in [0.1, 0.15) is 64.5 Å². The molecule has 1 fully saturated rings. The van der Waals surface area contributed by atoms with Crippen LogP contribution < -0.4 is 15.4 Å². The summed E-state index contributed by atoms with van der Waals surface area (Å²) in [4.78, 5) is 4.77. The van der Waals surface area contributed by atoms with E-state index in [-0.39, 0.29) is 17.2 Å². The Balaban J connectivity index is 1.82. The molecule has 3 rings (SSSR count). The zero-order chi connectivity index (χ0) is 18.6. The Labute approximate surface area is 157 Å². The van der Waals surface area contributed by atoms with E-state index in [0.717, 1.165) is 37.5 Å². The van der Waals surface area contributed by atoms with Crippen LogP contribution in [0.25, 0.3) is 0 Å². The maximum Gasteiger partial charge on any atom is 0.191 e. The highest BCUT2D eigenvalue weighted by Crippen LogP contribution is 2.46. The lowest BCUT2D eigenvalue weighted by molar-refractivity contribution is 0.0306. The lowest BCUT2D eigenvalue weighted by Crippen LogP contribution is -2.47. The molecular weight excluding hydrogens is 326 g/mol. The van der Waals surface area contributed by atoms with Crippen molar-refractivity contribution >= 4 is 5.96 Å². The van der Waals surface area contributed by atoms with Gasteiger partial charge in [-0.2, -0.15) is 0 Å². The molecule has 1 spiro atoms. The first-order valence-corrected chi connectivity index (χ1v) is 9.85. The number of fused-ring (bicyclic) bond motifs is 1. The lowest BCUT2D eigenvalue weighted by atomic mass is 9.86. The van der Waals surface area contributed by atoms with Gasteiger partial charge in [0.1, 0.15) is 11.4 Å². The number of methoxy groups -OCH3 is 1. The fraction of sp³-hybridized carbons (Fsp3) is 0.667. The van der Waals surface area contributed by atoms with Gasteiger partial charge in [-0.3, -0.25) is 4.99 Å². The van der Waals surface area contributed by atoms with Crippen LogP contribution in [-0.2, 0) is 4.74 Å². The predicted molar refractivity (Wildman–Crippen MR) is 106 cm³/mol. The van der Waals surface area contributed by atoms with E-state index in [2.05, 4.69) is 55.7 Å². The maximum atomic E-state index is 6.46. The van der Waals surface area contributed by atoms with E-state index in [4.69, 9.17) is 14.5 Å². The van der Waals surface area contributed by atoms with Gasteiger partial charge in [-0.1, -0.05) is 18.2 Å². The van der Waals surface area contributed by atoms with Crippen molar-refractivity contribution < 1.29 is 9.47 Å². The summed E-state index contributed by atoms with van der Waals surface area (Å²) in [6, 6.07) is 8.62. The number of aliphatic imine (C=N–C) groups is 1. The second-order valence-corrected chi connectivity index (χ2v) is 8.09. The van der Waals surface area contributed by atoms with Gasteiger partial charge in [0.25, 0.3) is 0 Å². The Kier molecular flexibility index (Phi) is 5.76. The molecule has 1 aromatic rings. The molecule has 26 heavy (non-hydrogen) atoms. The monoisotopic (exact) mass is 359 g/mol. The maximum absolute atomic E-state index is 6.46. The van der Waals surface area contributed by atoms with Gasteiger partial charge in [0.2, 0.25) is 0 Å². The Morgan fingerprint density at radius 1 is 1.31 bits per heavy atom. The van der Waals surface area contributed by atoms with Crippen molar-refractivity contribution in [1.29, 1.82) is 0 Å². The van der Waals surface area contributed by atoms with E-state index < -0.39 is 0 Å². The molecule has 2 aliphatic rings. The molecule has 1 unspecified atom stereocenters. The average molecular weight is 360 g/mol. The predicted octanol–water partition coefficient (Wildman–Crippen LogP) is 3.80. The SMILES string of the molecule is CCNC(=NCC(C)(C)OC)NC1CC2(CCCC2)Oc2ccccc21. The van der Waals surface area contributed by atoms with Gasteiger partial charge in [-0.25, -0.2) is 0 Å². The van der Waals surface area contributed by atoms with Crippen LogP contribution in [0, 0.1) is 0 Å². The zero-order valence-corrected chi connectivity index (χ0v) is 16.6. The summed E-state index contributed by atoms with van der Waals surface area (Å²) in [6.07, 6.45) is 5.78. The number of ether oxygens (including phenoxy) is 2. The van der Waals surface area contributed by atoms with Crippen molar-refractivity contribution in [2.75, 3.05) is 20.2 Å². The molecular formula is C21H33N3O2. The van der Waals surface area contributed by atoms with Gasteiger partial charge in [0, 0.05) is 25.6 Å². The first kappa shape index (κ1) is 19.0. The Hall–Kier alpha value is -1.75. The number of guanidine groups is 1. The molecule has 0 radical (unpaired) electrons. The van der Waals surface area contributed by atoms with E-state index in [9.17, 15) is 0 Å². The number of nitrogens with zero attached hydrogens (tertiary/aromatic N) is 1. The number of hydrogen-bond acceptors (Lipinski definition) is 3. The van der Waals surface area contributed by atoms with Crippen LogP contribution in [0.15, 0.2) is 29.3 Å². The van der Waals surface area contributed by atoms with E-state index in [1.807, 2.05) is 0 Å². The largest absolute Gasteiger partial charge is 0.487 e. The topological polar surface area (TPSA) is 54.9 Å². The van der Waals surface area contributed by atoms with Crippen LogP contribution in [-0.4, -0.2) is 37.4 Å². The van der Waals surface area contributed by atoms with Crippen LogP contribution in [0.2, 0.25) is 0 Å². The second-order valence-electron chi connectivity index (χ2n) is 8.09. The van der Waals surface area contributed by atoms with Crippen LogP contribution >= 0.6 is 0 Å². The van der Waals surface area contributed by atoms with Gasteiger partial charge in [-0.15, -0.1) is 0 Å². The second kappa shape index (κ2) is 7.87. The van der Waals surface area contributed by atoms with E-state index in [0.29, 0.717) is 6.54 Å². The zero-order valence-electron chi connectivity index (χ0n) is 16.6. The molecule has 1 saturated carbocycles. The summed E-state index contributed by atoms with van der Waals surface area (Å²) >= 11 is 0. The van der Waals surface area contributed by atoms with Crippen molar-refractivity contribution in [3.8, 4) is 5.75 Å². The van der Waals surface area contributed by atoms with Crippen molar-refractivity contribution in [1.82, 2.24) is 10.6 Å². The van der Waals surface area contributed by atoms with Gasteiger partial charge in [-0.05, 0) is 52.5 Å². The Bertz CT molecular complexity index is 636. The quantitative estimate of drug-likeness (QED) is 0.620. The first-order chi connectivity index (χ1) is 12.5. The van der Waals surface area contributed by atoms with E-state index in [1.54, 1.807) is 7.11 Å². The highest BCUT2D eigenvalue weighted by Gasteiger charge is 2.43. The average Bonchev–Trinajstić information content (AvgIpc) is 3.07. The molecule has 2 N–H and O–H groups in total. The van der Waals surface area contributed by atoms with Crippen LogP contribution in [0.3, 0.4) is 0 Å². The third-order valence-corrected chi connectivity index (χ3v) is 5.54. The molecule has 144 valence electrons. The Morgan fingerprint density at radius 2 is 2.04 bits per heavy atom. The van der Waals surface area contributed by atoms with Gasteiger partial charge in [0.15, 0.2) is 5.96 Å². The summed E-state index contributed by atoms with van der Waals surface area (Å²) in [5, 5.41) is 7.04. The minimum atomic E-state index is -0.275. The summed E-state index contributed by atoms with van der Waals surface area (Å²) in [7, 11) is 1.73. The third kappa shape index (κ3) is 4.32. The number of rotatable bonds is 5. The van der Waals surface area contributed by atoms with Crippen molar-refractivity contribution in [3.05, 3.63) is 29.8 Å². The standard InChI is InChI=1S/C21H33N3O2/c1-5-22-19(23-15-20(2,3)25-4)24-17-14-21(12-8-9-13-21)26-18-11-7-6-10-16(17)18/h6-7,10-11,17H,5,8-9,12-15H2,1-4H3,(H2,22,23,24). The fourth-order valence-electron chi connectivity index (χ4n) is 3.89. The van der Waals surface area contributed by atoms with Gasteiger partial charge >= 0.3 is 0 Å². The number of para-hydroxylation sites is 1. The summed E-state index contributed by atoms with van der Waals surface area (Å²) in [5.41, 5.74) is 0.930. The molecule has 1 aromatic carbocycles. The van der Waals surface area contributed by atoms with Crippen molar-refractivity contribution in [2.24, 2.45) is 4.99 Å². The molecule has 0 aromatic heterocycles. The van der Waals surface area contributed by atoms with Gasteiger partial charge in [0.05, 0.1) is 18.2 Å². The number of hydrogen-bond donors (Lipinski definition) is 2. The highest BCUT2D eigenvalue weighted by atomic mass is 16.5. The summed E-state index contributed by atoms with van der Waals surface area (Å²) in [5.74, 6) is 1.86. The van der Waals surface area contributed by atoms with Crippen LogP contribution in [0.4, 0.5) is 0 Å². The Morgan fingerprint density at radius 3 is 2.73 bits per heavy atom. The number of nitrogens with one attached hydrogen (secondary N) is 2. The smallest absolute Gasteiger partial charge is 0.191 e.